The molecule has 6 nitrogen and oxygen atoms in total. The highest BCUT2D eigenvalue weighted by Gasteiger charge is 2.31. The predicted molar refractivity (Wildman–Crippen MR) is 130 cm³/mol. The van der Waals surface area contributed by atoms with Gasteiger partial charge in [-0.2, -0.15) is 0 Å². The van der Waals surface area contributed by atoms with Crippen molar-refractivity contribution in [3.8, 4) is 16.3 Å². The van der Waals surface area contributed by atoms with E-state index < -0.39 is 0 Å². The molecule has 5 rings (SSSR count). The van der Waals surface area contributed by atoms with E-state index in [9.17, 15) is 9.90 Å². The summed E-state index contributed by atoms with van der Waals surface area (Å²) in [6.07, 6.45) is 2.08. The van der Waals surface area contributed by atoms with E-state index in [0.29, 0.717) is 46.7 Å². The zero-order valence-electron chi connectivity index (χ0n) is 18.7. The average Bonchev–Trinajstić information content (AvgIpc) is 3.28. The normalized spacial score (nSPS) is 15.7. The van der Waals surface area contributed by atoms with Gasteiger partial charge in [-0.1, -0.05) is 37.3 Å². The second-order valence-electron chi connectivity index (χ2n) is 8.26. The third-order valence-corrected chi connectivity index (χ3v) is 7.17. The van der Waals surface area contributed by atoms with Crippen LogP contribution in [0, 0.1) is 6.92 Å². The minimum absolute atomic E-state index is 0.129. The van der Waals surface area contributed by atoms with Gasteiger partial charge in [0, 0.05) is 24.2 Å². The number of aromatic nitrogens is 1. The zero-order valence-corrected chi connectivity index (χ0v) is 19.5. The van der Waals surface area contributed by atoms with Gasteiger partial charge in [-0.25, -0.2) is 4.98 Å². The number of rotatable bonds is 5. The van der Waals surface area contributed by atoms with Crippen molar-refractivity contribution >= 4 is 22.3 Å². The Morgan fingerprint density at radius 2 is 1.97 bits per heavy atom. The minimum Gasteiger partial charge on any atom is -0.507 e. The maximum Gasteiger partial charge on any atom is 0.202 e. The molecule has 0 bridgehead atoms. The number of ether oxygens (including phenoxy) is 1. The first-order chi connectivity index (χ1) is 16.1. The quantitative estimate of drug-likeness (QED) is 0.454. The van der Waals surface area contributed by atoms with Gasteiger partial charge in [0.1, 0.15) is 22.6 Å². The van der Waals surface area contributed by atoms with E-state index in [-0.39, 0.29) is 17.2 Å². The van der Waals surface area contributed by atoms with Crippen molar-refractivity contribution in [2.24, 2.45) is 0 Å². The summed E-state index contributed by atoms with van der Waals surface area (Å²) in [6, 6.07) is 11.6. The van der Waals surface area contributed by atoms with E-state index in [2.05, 4.69) is 22.0 Å². The molecule has 0 radical (unpaired) electrons. The van der Waals surface area contributed by atoms with Gasteiger partial charge in [0.25, 0.3) is 0 Å². The molecule has 1 fully saturated rings. The van der Waals surface area contributed by atoms with Crippen molar-refractivity contribution in [2.75, 3.05) is 26.3 Å². The van der Waals surface area contributed by atoms with Crippen molar-refractivity contribution in [1.29, 1.82) is 0 Å². The molecule has 4 aromatic rings. The van der Waals surface area contributed by atoms with Gasteiger partial charge in [0.2, 0.25) is 5.43 Å². The van der Waals surface area contributed by atoms with Crippen molar-refractivity contribution < 1.29 is 14.3 Å². The van der Waals surface area contributed by atoms with Crippen LogP contribution in [0.2, 0.25) is 0 Å². The molecule has 2 aromatic heterocycles. The Balaban J connectivity index is 1.79. The molecule has 0 amide bonds. The zero-order chi connectivity index (χ0) is 22.9. The lowest BCUT2D eigenvalue weighted by Gasteiger charge is -2.35. The van der Waals surface area contributed by atoms with E-state index in [1.165, 1.54) is 17.6 Å². The van der Waals surface area contributed by atoms with E-state index in [4.69, 9.17) is 9.15 Å². The van der Waals surface area contributed by atoms with Crippen LogP contribution in [0.15, 0.2) is 57.3 Å². The molecule has 33 heavy (non-hydrogen) atoms. The molecule has 170 valence electrons. The fourth-order valence-corrected chi connectivity index (χ4v) is 5.32. The maximum atomic E-state index is 13.6. The highest BCUT2D eigenvalue weighted by atomic mass is 32.1. The average molecular weight is 463 g/mol. The van der Waals surface area contributed by atoms with Gasteiger partial charge < -0.3 is 14.3 Å². The number of phenols is 1. The number of hydrogen-bond acceptors (Lipinski definition) is 7. The number of phenolic OH excluding ortho intramolecular Hbond substituents is 1. The van der Waals surface area contributed by atoms with Gasteiger partial charge in [0.15, 0.2) is 0 Å². The number of morpholine rings is 1. The molecule has 7 heteroatoms. The Bertz CT molecular complexity index is 1340. The molecular weight excluding hydrogens is 436 g/mol. The first-order valence-corrected chi connectivity index (χ1v) is 12.1. The number of benzene rings is 2. The highest BCUT2D eigenvalue weighted by molar-refractivity contribution is 7.13. The molecule has 0 spiro atoms. The fraction of sp³-hybridized carbons (Fsp3) is 0.308. The summed E-state index contributed by atoms with van der Waals surface area (Å²) in [5, 5.41) is 14.4. The summed E-state index contributed by atoms with van der Waals surface area (Å²) >= 11 is 1.43. The summed E-state index contributed by atoms with van der Waals surface area (Å²) < 4.78 is 11.7. The second kappa shape index (κ2) is 9.09. The monoisotopic (exact) mass is 462 g/mol. The first kappa shape index (κ1) is 21.8. The smallest absolute Gasteiger partial charge is 0.202 e. The van der Waals surface area contributed by atoms with Crippen LogP contribution in [-0.4, -0.2) is 41.3 Å². The SMILES string of the molecule is CCc1cc2c(=O)c(-c3nc(C)cs3)coc2c(C(c2ccccc2)N2CCOCC2)c1O. The number of nitrogens with zero attached hydrogens (tertiary/aromatic N) is 2. The first-order valence-electron chi connectivity index (χ1n) is 11.2. The molecule has 1 unspecified atom stereocenters. The summed E-state index contributed by atoms with van der Waals surface area (Å²) in [5.41, 5.74) is 4.00. The number of thiazole rings is 1. The molecule has 2 aromatic carbocycles. The topological polar surface area (TPSA) is 75.8 Å². The largest absolute Gasteiger partial charge is 0.507 e. The summed E-state index contributed by atoms with van der Waals surface area (Å²) in [6.45, 7) is 6.56. The van der Waals surface area contributed by atoms with E-state index in [1.54, 1.807) is 6.07 Å². The lowest BCUT2D eigenvalue weighted by molar-refractivity contribution is 0.0236. The van der Waals surface area contributed by atoms with Crippen LogP contribution >= 0.6 is 11.3 Å². The van der Waals surface area contributed by atoms with Crippen LogP contribution in [0.5, 0.6) is 5.75 Å². The molecule has 3 heterocycles. The molecule has 1 saturated heterocycles. The molecule has 1 N–H and O–H groups in total. The Kier molecular flexibility index (Phi) is 6.01. The van der Waals surface area contributed by atoms with Crippen LogP contribution < -0.4 is 5.43 Å². The molecule has 1 atom stereocenters. The third-order valence-electron chi connectivity index (χ3n) is 6.18. The van der Waals surface area contributed by atoms with Crippen molar-refractivity contribution in [3.63, 3.8) is 0 Å². The maximum absolute atomic E-state index is 13.6. The fourth-order valence-electron chi connectivity index (χ4n) is 4.53. The Labute approximate surface area is 196 Å². The molecule has 1 aliphatic rings. The molecular formula is C26H26N2O4S. The lowest BCUT2D eigenvalue weighted by Crippen LogP contribution is -2.39. The Hall–Kier alpha value is -3.00. The van der Waals surface area contributed by atoms with Gasteiger partial charge in [0.05, 0.1) is 35.8 Å². The van der Waals surface area contributed by atoms with Crippen LogP contribution in [0.3, 0.4) is 0 Å². The standard InChI is InChI=1S/C26H26N2O4S/c1-3-17-13-19-24(30)20(26-27-16(2)15-33-26)14-32-25(19)21(23(17)29)22(18-7-5-4-6-8-18)28-9-11-31-12-10-28/h4-8,13-15,22,29H,3,9-12H2,1-2H3. The predicted octanol–water partition coefficient (Wildman–Crippen LogP) is 4.91. The van der Waals surface area contributed by atoms with E-state index >= 15 is 0 Å². The van der Waals surface area contributed by atoms with E-state index in [0.717, 1.165) is 29.9 Å². The molecule has 0 saturated carbocycles. The van der Waals surface area contributed by atoms with Crippen molar-refractivity contribution in [1.82, 2.24) is 9.88 Å². The molecule has 0 aliphatic carbocycles. The van der Waals surface area contributed by atoms with Crippen molar-refractivity contribution in [2.45, 2.75) is 26.3 Å². The third kappa shape index (κ3) is 3.97. The van der Waals surface area contributed by atoms with Crippen LogP contribution in [0.4, 0.5) is 0 Å². The second-order valence-corrected chi connectivity index (χ2v) is 9.12. The summed E-state index contributed by atoms with van der Waals surface area (Å²) in [5.74, 6) is 0.186. The van der Waals surface area contributed by atoms with Gasteiger partial charge in [-0.05, 0) is 30.5 Å². The van der Waals surface area contributed by atoms with E-state index in [1.807, 2.05) is 37.4 Å². The number of hydrogen-bond donors (Lipinski definition) is 1. The molecule has 1 aliphatic heterocycles. The Morgan fingerprint density at radius 1 is 1.21 bits per heavy atom. The number of fused-ring (bicyclic) bond motifs is 1. The van der Waals surface area contributed by atoms with Gasteiger partial charge in [-0.15, -0.1) is 11.3 Å². The van der Waals surface area contributed by atoms with Gasteiger partial charge >= 0.3 is 0 Å². The van der Waals surface area contributed by atoms with Gasteiger partial charge in [-0.3, -0.25) is 9.69 Å². The van der Waals surface area contributed by atoms with Crippen LogP contribution in [-0.2, 0) is 11.2 Å². The lowest BCUT2D eigenvalue weighted by atomic mass is 9.91. The highest BCUT2D eigenvalue weighted by Crippen LogP contribution is 2.41. The Morgan fingerprint density at radius 3 is 2.64 bits per heavy atom. The summed E-state index contributed by atoms with van der Waals surface area (Å²) in [4.78, 5) is 20.4. The van der Waals surface area contributed by atoms with Crippen molar-refractivity contribution in [3.05, 3.63) is 80.6 Å². The number of aryl methyl sites for hydroxylation is 2. The summed E-state index contributed by atoms with van der Waals surface area (Å²) in [7, 11) is 0. The minimum atomic E-state index is -0.264. The van der Waals surface area contributed by atoms with Crippen LogP contribution in [0.1, 0.15) is 35.3 Å². The number of aromatic hydroxyl groups is 1. The van der Waals surface area contributed by atoms with Crippen LogP contribution in [0.25, 0.3) is 21.5 Å².